The van der Waals surface area contributed by atoms with E-state index in [2.05, 4.69) is 10.4 Å². The molecule has 0 spiro atoms. The predicted molar refractivity (Wildman–Crippen MR) is 104 cm³/mol. The predicted octanol–water partition coefficient (Wildman–Crippen LogP) is 3.73. The summed E-state index contributed by atoms with van der Waals surface area (Å²) in [6, 6.07) is 22.7. The molecule has 0 aliphatic carbocycles. The first-order chi connectivity index (χ1) is 12.6. The van der Waals surface area contributed by atoms with Gasteiger partial charge in [-0.3, -0.25) is 4.79 Å². The molecular formula is C21H23N3O2. The van der Waals surface area contributed by atoms with Crippen LogP contribution < -0.4 is 15.6 Å². The minimum absolute atomic E-state index is 0.00827. The molecule has 1 heterocycles. The smallest absolute Gasteiger partial charge is 0.267 e. The van der Waals surface area contributed by atoms with Gasteiger partial charge in [0.15, 0.2) is 0 Å². The van der Waals surface area contributed by atoms with E-state index in [0.29, 0.717) is 12.4 Å². The molecule has 0 aliphatic heterocycles. The number of aromatic nitrogens is 2. The number of para-hydroxylation sites is 1. The monoisotopic (exact) mass is 349 g/mol. The average Bonchev–Trinajstić information content (AvgIpc) is 2.65. The van der Waals surface area contributed by atoms with Crippen molar-refractivity contribution in [3.8, 4) is 5.88 Å². The van der Waals surface area contributed by atoms with Gasteiger partial charge in [0.05, 0.1) is 12.1 Å². The summed E-state index contributed by atoms with van der Waals surface area (Å²) < 4.78 is 7.16. The Balaban J connectivity index is 1.94. The summed E-state index contributed by atoms with van der Waals surface area (Å²) in [6.07, 6.45) is -0.00827. The van der Waals surface area contributed by atoms with Crippen LogP contribution in [-0.4, -0.2) is 22.4 Å². The fraction of sp³-hybridized carbons (Fsp3) is 0.238. The standard InChI is InChI=1S/C21H23N3O2/c1-16(2)26-20-13-14-21(25)24(23-20)19(17-9-5-3-6-10-17)15-22-18-11-7-4-8-12-18/h3-14,16,19,22H,15H2,1-2H3. The molecule has 1 atom stereocenters. The maximum atomic E-state index is 12.5. The maximum Gasteiger partial charge on any atom is 0.267 e. The topological polar surface area (TPSA) is 56.1 Å². The highest BCUT2D eigenvalue weighted by Crippen LogP contribution is 2.18. The van der Waals surface area contributed by atoms with E-state index < -0.39 is 0 Å². The van der Waals surface area contributed by atoms with Crippen LogP contribution in [0.5, 0.6) is 5.88 Å². The average molecular weight is 349 g/mol. The molecule has 5 nitrogen and oxygen atoms in total. The third-order valence-corrected chi connectivity index (χ3v) is 3.91. The maximum absolute atomic E-state index is 12.5. The van der Waals surface area contributed by atoms with Crippen molar-refractivity contribution in [2.24, 2.45) is 0 Å². The third kappa shape index (κ3) is 4.51. The zero-order valence-electron chi connectivity index (χ0n) is 15.0. The molecule has 0 aliphatic rings. The van der Waals surface area contributed by atoms with E-state index in [-0.39, 0.29) is 17.7 Å². The number of nitrogens with one attached hydrogen (secondary N) is 1. The molecule has 3 aromatic rings. The number of rotatable bonds is 7. The summed E-state index contributed by atoms with van der Waals surface area (Å²) in [5, 5.41) is 7.83. The molecule has 0 saturated carbocycles. The van der Waals surface area contributed by atoms with Crippen molar-refractivity contribution in [2.45, 2.75) is 26.0 Å². The quantitative estimate of drug-likeness (QED) is 0.706. The molecular weight excluding hydrogens is 326 g/mol. The van der Waals surface area contributed by atoms with E-state index in [9.17, 15) is 4.79 Å². The molecule has 26 heavy (non-hydrogen) atoms. The Morgan fingerprint density at radius 3 is 2.27 bits per heavy atom. The largest absolute Gasteiger partial charge is 0.474 e. The van der Waals surface area contributed by atoms with E-state index in [1.165, 1.54) is 10.7 Å². The summed E-state index contributed by atoms with van der Waals surface area (Å²) in [5.41, 5.74) is 1.84. The summed E-state index contributed by atoms with van der Waals surface area (Å²) >= 11 is 0. The SMILES string of the molecule is CC(C)Oc1ccc(=O)n(C(CNc2ccccc2)c2ccccc2)n1. The van der Waals surface area contributed by atoms with Crippen molar-refractivity contribution in [1.82, 2.24) is 9.78 Å². The highest BCUT2D eigenvalue weighted by Gasteiger charge is 2.17. The first-order valence-corrected chi connectivity index (χ1v) is 8.74. The number of hydrogen-bond acceptors (Lipinski definition) is 4. The lowest BCUT2D eigenvalue weighted by molar-refractivity contribution is 0.224. The van der Waals surface area contributed by atoms with Gasteiger partial charge in [-0.05, 0) is 31.5 Å². The minimum atomic E-state index is -0.250. The normalized spacial score (nSPS) is 12.0. The number of benzene rings is 2. The summed E-state index contributed by atoms with van der Waals surface area (Å²) in [7, 11) is 0. The number of hydrogen-bond donors (Lipinski definition) is 1. The van der Waals surface area contributed by atoms with Gasteiger partial charge in [-0.1, -0.05) is 48.5 Å². The van der Waals surface area contributed by atoms with Gasteiger partial charge in [0.25, 0.3) is 5.56 Å². The van der Waals surface area contributed by atoms with Crippen LogP contribution in [0, 0.1) is 0 Å². The van der Waals surface area contributed by atoms with Crippen LogP contribution in [0.2, 0.25) is 0 Å². The molecule has 0 amide bonds. The Morgan fingerprint density at radius 1 is 0.962 bits per heavy atom. The van der Waals surface area contributed by atoms with E-state index in [4.69, 9.17) is 4.74 Å². The van der Waals surface area contributed by atoms with Gasteiger partial charge in [-0.25, -0.2) is 4.68 Å². The van der Waals surface area contributed by atoms with Gasteiger partial charge in [-0.15, -0.1) is 5.10 Å². The first kappa shape index (κ1) is 17.7. The first-order valence-electron chi connectivity index (χ1n) is 8.74. The summed E-state index contributed by atoms with van der Waals surface area (Å²) in [4.78, 5) is 12.5. The van der Waals surface area contributed by atoms with E-state index in [1.807, 2.05) is 74.5 Å². The Hall–Kier alpha value is -3.08. The molecule has 3 rings (SSSR count). The van der Waals surface area contributed by atoms with Crippen LogP contribution in [0.4, 0.5) is 5.69 Å². The van der Waals surface area contributed by atoms with Crippen LogP contribution in [-0.2, 0) is 0 Å². The van der Waals surface area contributed by atoms with Gasteiger partial charge in [-0.2, -0.15) is 0 Å². The van der Waals surface area contributed by atoms with Crippen molar-refractivity contribution in [2.75, 3.05) is 11.9 Å². The van der Waals surface area contributed by atoms with Gasteiger partial charge in [0.2, 0.25) is 5.88 Å². The number of ether oxygens (including phenoxy) is 1. The highest BCUT2D eigenvalue weighted by atomic mass is 16.5. The van der Waals surface area contributed by atoms with Crippen molar-refractivity contribution in [3.05, 3.63) is 88.7 Å². The van der Waals surface area contributed by atoms with E-state index in [1.54, 1.807) is 6.07 Å². The minimum Gasteiger partial charge on any atom is -0.474 e. The second kappa shape index (κ2) is 8.34. The van der Waals surface area contributed by atoms with Crippen LogP contribution in [0.1, 0.15) is 25.5 Å². The van der Waals surface area contributed by atoms with Gasteiger partial charge >= 0.3 is 0 Å². The highest BCUT2D eigenvalue weighted by molar-refractivity contribution is 5.43. The number of nitrogens with zero attached hydrogens (tertiary/aromatic N) is 2. The van der Waals surface area contributed by atoms with E-state index >= 15 is 0 Å². The van der Waals surface area contributed by atoms with Crippen molar-refractivity contribution in [3.63, 3.8) is 0 Å². The van der Waals surface area contributed by atoms with Gasteiger partial charge in [0, 0.05) is 24.4 Å². The molecule has 0 saturated heterocycles. The summed E-state index contributed by atoms with van der Waals surface area (Å²) in [5.74, 6) is 0.445. The lowest BCUT2D eigenvalue weighted by Crippen LogP contribution is -2.32. The Bertz CT molecular complexity index is 877. The molecule has 0 fully saturated rings. The zero-order valence-corrected chi connectivity index (χ0v) is 15.0. The molecule has 1 N–H and O–H groups in total. The molecule has 0 radical (unpaired) electrons. The fourth-order valence-corrected chi connectivity index (χ4v) is 2.73. The molecule has 5 heteroatoms. The Morgan fingerprint density at radius 2 is 1.62 bits per heavy atom. The van der Waals surface area contributed by atoms with Gasteiger partial charge < -0.3 is 10.1 Å². The molecule has 0 bridgehead atoms. The Labute approximate surface area is 153 Å². The third-order valence-electron chi connectivity index (χ3n) is 3.91. The zero-order chi connectivity index (χ0) is 18.4. The van der Waals surface area contributed by atoms with Crippen LogP contribution in [0.15, 0.2) is 77.6 Å². The van der Waals surface area contributed by atoms with Crippen molar-refractivity contribution >= 4 is 5.69 Å². The molecule has 1 aromatic heterocycles. The van der Waals surface area contributed by atoms with Crippen LogP contribution in [0.3, 0.4) is 0 Å². The Kier molecular flexibility index (Phi) is 5.69. The van der Waals surface area contributed by atoms with Crippen LogP contribution in [0.25, 0.3) is 0 Å². The number of anilines is 1. The summed E-state index contributed by atoms with van der Waals surface area (Å²) in [6.45, 7) is 4.40. The lowest BCUT2D eigenvalue weighted by Gasteiger charge is -2.21. The van der Waals surface area contributed by atoms with Crippen LogP contribution >= 0.6 is 0 Å². The van der Waals surface area contributed by atoms with Crippen molar-refractivity contribution in [1.29, 1.82) is 0 Å². The lowest BCUT2D eigenvalue weighted by atomic mass is 10.1. The molecule has 2 aromatic carbocycles. The van der Waals surface area contributed by atoms with Crippen molar-refractivity contribution < 1.29 is 4.74 Å². The fourth-order valence-electron chi connectivity index (χ4n) is 2.73. The van der Waals surface area contributed by atoms with E-state index in [0.717, 1.165) is 11.3 Å². The molecule has 1 unspecified atom stereocenters. The second-order valence-corrected chi connectivity index (χ2v) is 6.29. The molecule has 134 valence electrons. The second-order valence-electron chi connectivity index (χ2n) is 6.29. The van der Waals surface area contributed by atoms with Gasteiger partial charge in [0.1, 0.15) is 0 Å².